The summed E-state index contributed by atoms with van der Waals surface area (Å²) in [5.41, 5.74) is 0. The Morgan fingerprint density at radius 1 is 1.15 bits per heavy atom. The van der Waals surface area contributed by atoms with E-state index in [1.54, 1.807) is 19.0 Å². The van der Waals surface area contributed by atoms with E-state index in [4.69, 9.17) is 9.84 Å². The van der Waals surface area contributed by atoms with Gasteiger partial charge in [0.25, 0.3) is 0 Å². The Morgan fingerprint density at radius 2 is 1.69 bits per heavy atom. The van der Waals surface area contributed by atoms with Crippen molar-refractivity contribution in [3.8, 4) is 0 Å². The monoisotopic (exact) mass is 213 g/mol. The third-order valence-corrected chi connectivity index (χ3v) is 1.98. The Hall–Kier alpha value is 0.0900. The second kappa shape index (κ2) is 5.09. The maximum absolute atomic E-state index is 9.40. The van der Waals surface area contributed by atoms with E-state index in [1.165, 1.54) is 0 Å². The highest BCUT2D eigenvalue weighted by atomic mass is 35.5. The van der Waals surface area contributed by atoms with E-state index in [0.29, 0.717) is 0 Å². The molecule has 5 nitrogen and oxygen atoms in total. The standard InChI is InChI=1S/C7H15NO4.ClH/c1-8(2)7-6(11)5(10)4(9)3-12-7;/h4-7,9-11H,3H2,1-2H3;1H. The first-order valence-electron chi connectivity index (χ1n) is 3.86. The Kier molecular flexibility index (Phi) is 5.13. The van der Waals surface area contributed by atoms with Gasteiger partial charge in [-0.05, 0) is 14.1 Å². The Balaban J connectivity index is 0.00000144. The molecule has 0 bridgehead atoms. The normalized spacial score (nSPS) is 40.2. The zero-order valence-corrected chi connectivity index (χ0v) is 8.44. The third kappa shape index (κ3) is 2.77. The molecule has 1 rings (SSSR count). The lowest BCUT2D eigenvalue weighted by molar-refractivity contribution is -0.220. The third-order valence-electron chi connectivity index (χ3n) is 1.98. The van der Waals surface area contributed by atoms with Crippen LogP contribution in [0.15, 0.2) is 0 Å². The van der Waals surface area contributed by atoms with Crippen LogP contribution in [0.1, 0.15) is 0 Å². The highest BCUT2D eigenvalue weighted by Crippen LogP contribution is 2.16. The zero-order valence-electron chi connectivity index (χ0n) is 7.62. The minimum atomic E-state index is -1.12. The molecular formula is C7H16ClNO4. The molecule has 0 aromatic carbocycles. The molecule has 6 heteroatoms. The molecular weight excluding hydrogens is 198 g/mol. The predicted molar refractivity (Wildman–Crippen MR) is 48.7 cm³/mol. The van der Waals surface area contributed by atoms with Crippen molar-refractivity contribution < 1.29 is 20.1 Å². The van der Waals surface area contributed by atoms with Gasteiger partial charge in [-0.3, -0.25) is 4.90 Å². The molecule has 1 aliphatic heterocycles. The fourth-order valence-corrected chi connectivity index (χ4v) is 1.25. The average molecular weight is 214 g/mol. The summed E-state index contributed by atoms with van der Waals surface area (Å²) in [5.74, 6) is 0. The second-order valence-corrected chi connectivity index (χ2v) is 3.24. The first-order chi connectivity index (χ1) is 5.54. The predicted octanol–water partition coefficient (Wildman–Crippen LogP) is -1.59. The van der Waals surface area contributed by atoms with E-state index in [0.717, 1.165) is 0 Å². The first kappa shape index (κ1) is 13.1. The van der Waals surface area contributed by atoms with E-state index < -0.39 is 24.5 Å². The van der Waals surface area contributed by atoms with Gasteiger partial charge in [-0.25, -0.2) is 0 Å². The number of halogens is 1. The van der Waals surface area contributed by atoms with Crippen LogP contribution in [-0.4, -0.2) is 65.5 Å². The number of aliphatic hydroxyl groups excluding tert-OH is 3. The molecule has 0 aliphatic carbocycles. The van der Waals surface area contributed by atoms with E-state index in [9.17, 15) is 10.2 Å². The van der Waals surface area contributed by atoms with Crippen molar-refractivity contribution in [3.63, 3.8) is 0 Å². The lowest BCUT2D eigenvalue weighted by Gasteiger charge is -2.38. The van der Waals surface area contributed by atoms with Crippen LogP contribution in [0.3, 0.4) is 0 Å². The largest absolute Gasteiger partial charge is 0.388 e. The maximum atomic E-state index is 9.40. The summed E-state index contributed by atoms with van der Waals surface area (Å²) in [6.45, 7) is 0.0566. The number of rotatable bonds is 1. The van der Waals surface area contributed by atoms with E-state index >= 15 is 0 Å². The van der Waals surface area contributed by atoms with Crippen molar-refractivity contribution in [2.75, 3.05) is 20.7 Å². The van der Waals surface area contributed by atoms with Gasteiger partial charge in [-0.15, -0.1) is 12.4 Å². The fourth-order valence-electron chi connectivity index (χ4n) is 1.25. The van der Waals surface area contributed by atoms with Gasteiger partial charge in [0, 0.05) is 0 Å². The Morgan fingerprint density at radius 3 is 2.15 bits per heavy atom. The minimum absolute atomic E-state index is 0. The number of hydrogen-bond acceptors (Lipinski definition) is 5. The van der Waals surface area contributed by atoms with Gasteiger partial charge in [-0.1, -0.05) is 0 Å². The van der Waals surface area contributed by atoms with Crippen LogP contribution in [0.25, 0.3) is 0 Å². The smallest absolute Gasteiger partial charge is 0.139 e. The molecule has 1 saturated heterocycles. The molecule has 0 amide bonds. The molecule has 4 atom stereocenters. The number of nitrogens with zero attached hydrogens (tertiary/aromatic N) is 1. The summed E-state index contributed by atoms with van der Waals surface area (Å²) in [4.78, 5) is 1.65. The summed E-state index contributed by atoms with van der Waals surface area (Å²) >= 11 is 0. The van der Waals surface area contributed by atoms with Gasteiger partial charge < -0.3 is 20.1 Å². The molecule has 1 heterocycles. The number of ether oxygens (including phenoxy) is 1. The molecule has 0 aromatic heterocycles. The van der Waals surface area contributed by atoms with Crippen molar-refractivity contribution in [2.45, 2.75) is 24.5 Å². The van der Waals surface area contributed by atoms with Gasteiger partial charge in [0.2, 0.25) is 0 Å². The number of hydrogen-bond donors (Lipinski definition) is 3. The van der Waals surface area contributed by atoms with E-state index in [-0.39, 0.29) is 19.0 Å². The molecule has 0 saturated carbocycles. The van der Waals surface area contributed by atoms with E-state index in [1.807, 2.05) is 0 Å². The fraction of sp³-hybridized carbons (Fsp3) is 1.00. The molecule has 1 aliphatic rings. The van der Waals surface area contributed by atoms with Crippen LogP contribution in [0, 0.1) is 0 Å². The van der Waals surface area contributed by atoms with Crippen LogP contribution >= 0.6 is 12.4 Å². The average Bonchev–Trinajstić information content (AvgIpc) is 2.00. The first-order valence-corrected chi connectivity index (χ1v) is 3.86. The maximum Gasteiger partial charge on any atom is 0.139 e. The van der Waals surface area contributed by atoms with Crippen LogP contribution in [0.2, 0.25) is 0 Å². The summed E-state index contributed by atoms with van der Waals surface area (Å²) in [7, 11) is 3.47. The number of likely N-dealkylation sites (N-methyl/N-ethyl adjacent to an activating group) is 1. The van der Waals surface area contributed by atoms with Crippen LogP contribution < -0.4 is 0 Å². The summed E-state index contributed by atoms with van der Waals surface area (Å²) < 4.78 is 5.10. The lowest BCUT2D eigenvalue weighted by Crippen LogP contribution is -2.57. The van der Waals surface area contributed by atoms with Crippen molar-refractivity contribution in [2.24, 2.45) is 0 Å². The minimum Gasteiger partial charge on any atom is -0.388 e. The second-order valence-electron chi connectivity index (χ2n) is 3.24. The van der Waals surface area contributed by atoms with Crippen molar-refractivity contribution in [1.29, 1.82) is 0 Å². The lowest BCUT2D eigenvalue weighted by atomic mass is 10.0. The van der Waals surface area contributed by atoms with Crippen molar-refractivity contribution in [1.82, 2.24) is 4.90 Å². The quantitative estimate of drug-likeness (QED) is 0.490. The summed E-state index contributed by atoms with van der Waals surface area (Å²) in [6.07, 6.45) is -3.70. The highest BCUT2D eigenvalue weighted by Gasteiger charge is 2.38. The zero-order chi connectivity index (χ0) is 9.30. The SMILES string of the molecule is CN(C)C1OCC(O)C(O)C1O.Cl. The molecule has 0 radical (unpaired) electrons. The highest BCUT2D eigenvalue weighted by molar-refractivity contribution is 5.85. The topological polar surface area (TPSA) is 73.2 Å². The van der Waals surface area contributed by atoms with Gasteiger partial charge >= 0.3 is 0 Å². The number of aliphatic hydroxyl groups is 3. The van der Waals surface area contributed by atoms with Gasteiger partial charge in [0.15, 0.2) is 0 Å². The van der Waals surface area contributed by atoms with Gasteiger partial charge in [0.05, 0.1) is 6.61 Å². The molecule has 80 valence electrons. The molecule has 13 heavy (non-hydrogen) atoms. The summed E-state index contributed by atoms with van der Waals surface area (Å²) in [5, 5.41) is 27.8. The molecule has 0 aromatic rings. The van der Waals surface area contributed by atoms with E-state index in [2.05, 4.69) is 0 Å². The molecule has 3 N–H and O–H groups in total. The van der Waals surface area contributed by atoms with Crippen LogP contribution in [0.5, 0.6) is 0 Å². The van der Waals surface area contributed by atoms with Crippen LogP contribution in [-0.2, 0) is 4.74 Å². The molecule has 0 spiro atoms. The van der Waals surface area contributed by atoms with Crippen molar-refractivity contribution in [3.05, 3.63) is 0 Å². The van der Waals surface area contributed by atoms with Crippen LogP contribution in [0.4, 0.5) is 0 Å². The Bertz CT molecular complexity index is 157. The Labute approximate surface area is 83.3 Å². The molecule has 1 fully saturated rings. The van der Waals surface area contributed by atoms with Gasteiger partial charge in [-0.2, -0.15) is 0 Å². The summed E-state index contributed by atoms with van der Waals surface area (Å²) in [6, 6.07) is 0. The molecule has 4 unspecified atom stereocenters. The van der Waals surface area contributed by atoms with Gasteiger partial charge in [0.1, 0.15) is 24.5 Å². The van der Waals surface area contributed by atoms with Crippen molar-refractivity contribution >= 4 is 12.4 Å².